The van der Waals surface area contributed by atoms with E-state index in [0.717, 1.165) is 6.26 Å². The minimum absolute atomic E-state index is 0.103. The van der Waals surface area contributed by atoms with Gasteiger partial charge < -0.3 is 10.1 Å². The van der Waals surface area contributed by atoms with E-state index in [1.807, 2.05) is 0 Å². The van der Waals surface area contributed by atoms with Gasteiger partial charge in [-0.15, -0.1) is 0 Å². The van der Waals surface area contributed by atoms with Crippen molar-refractivity contribution in [3.8, 4) is 5.75 Å². The smallest absolute Gasteiger partial charge is 0.225 e. The molecule has 0 unspecified atom stereocenters. The van der Waals surface area contributed by atoms with E-state index in [0.29, 0.717) is 16.5 Å². The molecular formula is C11H14ClNO4S. The molecule has 0 aliphatic carbocycles. The maximum atomic E-state index is 11.6. The van der Waals surface area contributed by atoms with Crippen LogP contribution in [0.5, 0.6) is 5.75 Å². The summed E-state index contributed by atoms with van der Waals surface area (Å²) in [6.07, 6.45) is 0.981. The van der Waals surface area contributed by atoms with Crippen molar-refractivity contribution >= 4 is 33.0 Å². The molecule has 0 aliphatic heterocycles. The van der Waals surface area contributed by atoms with Crippen molar-refractivity contribution in [3.05, 3.63) is 23.2 Å². The zero-order valence-corrected chi connectivity index (χ0v) is 11.6. The average Bonchev–Trinajstić information content (AvgIpc) is 2.26. The van der Waals surface area contributed by atoms with Crippen LogP contribution in [0, 0.1) is 0 Å². The Balaban J connectivity index is 2.73. The minimum Gasteiger partial charge on any atom is -0.493 e. The molecule has 1 N–H and O–H groups in total. The van der Waals surface area contributed by atoms with Gasteiger partial charge >= 0.3 is 0 Å². The lowest BCUT2D eigenvalue weighted by molar-refractivity contribution is -0.115. The second-order valence-electron chi connectivity index (χ2n) is 3.75. The highest BCUT2D eigenvalue weighted by Crippen LogP contribution is 2.32. The Morgan fingerprint density at radius 1 is 1.44 bits per heavy atom. The zero-order chi connectivity index (χ0) is 13.8. The Morgan fingerprint density at radius 3 is 2.67 bits per heavy atom. The maximum Gasteiger partial charge on any atom is 0.225 e. The van der Waals surface area contributed by atoms with Crippen LogP contribution in [-0.2, 0) is 14.6 Å². The summed E-state index contributed by atoms with van der Waals surface area (Å²) in [6, 6.07) is 4.92. The zero-order valence-electron chi connectivity index (χ0n) is 10.1. The third-order valence-electron chi connectivity index (χ3n) is 2.15. The van der Waals surface area contributed by atoms with Crippen molar-refractivity contribution < 1.29 is 17.9 Å². The highest BCUT2D eigenvalue weighted by molar-refractivity contribution is 7.90. The van der Waals surface area contributed by atoms with Crippen molar-refractivity contribution in [3.63, 3.8) is 0 Å². The number of ether oxygens (including phenoxy) is 1. The molecule has 1 aromatic rings. The summed E-state index contributed by atoms with van der Waals surface area (Å²) in [5.41, 5.74) is 0.420. The van der Waals surface area contributed by atoms with Crippen LogP contribution >= 0.6 is 11.6 Å². The fourth-order valence-electron chi connectivity index (χ4n) is 1.31. The van der Waals surface area contributed by atoms with E-state index in [2.05, 4.69) is 5.32 Å². The van der Waals surface area contributed by atoms with Crippen LogP contribution in [-0.4, -0.2) is 33.4 Å². The largest absolute Gasteiger partial charge is 0.493 e. The van der Waals surface area contributed by atoms with Crippen LogP contribution in [0.25, 0.3) is 0 Å². The summed E-state index contributed by atoms with van der Waals surface area (Å²) in [5.74, 6) is -0.241. The lowest BCUT2D eigenvalue weighted by atomic mass is 10.3. The van der Waals surface area contributed by atoms with E-state index in [9.17, 15) is 13.2 Å². The lowest BCUT2D eigenvalue weighted by Gasteiger charge is -2.11. The summed E-state index contributed by atoms with van der Waals surface area (Å²) in [6.45, 7) is 0. The number of amides is 1. The number of benzene rings is 1. The average molecular weight is 292 g/mol. The predicted octanol–water partition coefficient (Wildman–Crippen LogP) is 1.72. The summed E-state index contributed by atoms with van der Waals surface area (Å²) < 4.78 is 26.9. The fourth-order valence-corrected chi connectivity index (χ4v) is 2.11. The number of hydrogen-bond donors (Lipinski definition) is 1. The molecule has 0 fully saturated rings. The summed E-state index contributed by atoms with van der Waals surface area (Å²) in [7, 11) is -1.72. The van der Waals surface area contributed by atoms with Gasteiger partial charge in [-0.05, 0) is 12.1 Å². The summed E-state index contributed by atoms with van der Waals surface area (Å²) in [4.78, 5) is 11.6. The molecule has 7 heteroatoms. The number of hydrogen-bond acceptors (Lipinski definition) is 4. The standard InChI is InChI=1S/C11H14ClNO4S/c1-17-11-8(12)4-3-5-9(11)13-10(14)6-7-18(2,15)16/h3-5H,6-7H2,1-2H3,(H,13,14). The molecule has 18 heavy (non-hydrogen) atoms. The van der Waals surface area contributed by atoms with Gasteiger partial charge in [-0.2, -0.15) is 0 Å². The van der Waals surface area contributed by atoms with Crippen LogP contribution in [0.4, 0.5) is 5.69 Å². The van der Waals surface area contributed by atoms with E-state index >= 15 is 0 Å². The molecule has 0 aliphatic rings. The van der Waals surface area contributed by atoms with Crippen LogP contribution in [0.1, 0.15) is 6.42 Å². The normalized spacial score (nSPS) is 11.1. The van der Waals surface area contributed by atoms with Gasteiger partial charge in [0.25, 0.3) is 0 Å². The highest BCUT2D eigenvalue weighted by atomic mass is 35.5. The molecule has 1 aromatic carbocycles. The number of methoxy groups -OCH3 is 1. The number of rotatable bonds is 5. The van der Waals surface area contributed by atoms with Crippen molar-refractivity contribution in [2.45, 2.75) is 6.42 Å². The first-order valence-electron chi connectivity index (χ1n) is 5.13. The third kappa shape index (κ3) is 4.54. The van der Waals surface area contributed by atoms with E-state index in [1.165, 1.54) is 7.11 Å². The van der Waals surface area contributed by atoms with Crippen LogP contribution in [0.2, 0.25) is 5.02 Å². The Labute approximate surface area is 111 Å². The Hall–Kier alpha value is -1.27. The van der Waals surface area contributed by atoms with Gasteiger partial charge in [0.1, 0.15) is 9.84 Å². The Morgan fingerprint density at radius 2 is 2.11 bits per heavy atom. The maximum absolute atomic E-state index is 11.6. The lowest BCUT2D eigenvalue weighted by Crippen LogP contribution is -2.17. The molecule has 0 saturated heterocycles. The molecule has 0 bridgehead atoms. The predicted molar refractivity (Wildman–Crippen MR) is 71.0 cm³/mol. The van der Waals surface area contributed by atoms with Gasteiger partial charge in [-0.1, -0.05) is 17.7 Å². The van der Waals surface area contributed by atoms with Crippen molar-refractivity contribution in [1.29, 1.82) is 0 Å². The number of carbonyl (C=O) groups excluding carboxylic acids is 1. The molecule has 0 aromatic heterocycles. The SMILES string of the molecule is COc1c(Cl)cccc1NC(=O)CCS(C)(=O)=O. The van der Waals surface area contributed by atoms with Gasteiger partial charge in [-0.3, -0.25) is 4.79 Å². The molecule has 0 atom stereocenters. The molecule has 0 radical (unpaired) electrons. The van der Waals surface area contributed by atoms with Gasteiger partial charge in [0, 0.05) is 12.7 Å². The number of nitrogens with one attached hydrogen (secondary N) is 1. The van der Waals surface area contributed by atoms with E-state index < -0.39 is 15.7 Å². The first-order chi connectivity index (χ1) is 8.33. The monoisotopic (exact) mass is 291 g/mol. The first kappa shape index (κ1) is 14.8. The first-order valence-corrected chi connectivity index (χ1v) is 7.57. The van der Waals surface area contributed by atoms with Crippen molar-refractivity contribution in [1.82, 2.24) is 0 Å². The Bertz CT molecular complexity index is 542. The van der Waals surface area contributed by atoms with Crippen molar-refractivity contribution in [2.75, 3.05) is 24.4 Å². The number of sulfone groups is 1. The quantitative estimate of drug-likeness (QED) is 0.896. The molecular weight excluding hydrogens is 278 g/mol. The van der Waals surface area contributed by atoms with Crippen LogP contribution in [0.3, 0.4) is 0 Å². The van der Waals surface area contributed by atoms with E-state index in [1.54, 1.807) is 18.2 Å². The van der Waals surface area contributed by atoms with E-state index in [4.69, 9.17) is 16.3 Å². The van der Waals surface area contributed by atoms with Gasteiger partial charge in [0.05, 0.1) is 23.6 Å². The molecule has 0 saturated carbocycles. The second kappa shape index (κ2) is 6.06. The molecule has 1 rings (SSSR count). The van der Waals surface area contributed by atoms with Gasteiger partial charge in [-0.25, -0.2) is 8.42 Å². The van der Waals surface area contributed by atoms with Crippen molar-refractivity contribution in [2.24, 2.45) is 0 Å². The summed E-state index contributed by atoms with van der Waals surface area (Å²) in [5, 5.41) is 2.94. The Kier molecular flexibility index (Phi) is 4.98. The van der Waals surface area contributed by atoms with Gasteiger partial charge in [0.15, 0.2) is 5.75 Å². The molecule has 0 spiro atoms. The fraction of sp³-hybridized carbons (Fsp3) is 0.364. The third-order valence-corrected chi connectivity index (χ3v) is 3.39. The number of para-hydroxylation sites is 1. The minimum atomic E-state index is -3.15. The molecule has 0 heterocycles. The second-order valence-corrected chi connectivity index (χ2v) is 6.42. The van der Waals surface area contributed by atoms with Gasteiger partial charge in [0.2, 0.25) is 5.91 Å². The topological polar surface area (TPSA) is 72.5 Å². The van der Waals surface area contributed by atoms with E-state index in [-0.39, 0.29) is 12.2 Å². The molecule has 100 valence electrons. The highest BCUT2D eigenvalue weighted by Gasteiger charge is 2.12. The number of anilines is 1. The summed E-state index contributed by atoms with van der Waals surface area (Å²) >= 11 is 5.89. The molecule has 5 nitrogen and oxygen atoms in total. The van der Waals surface area contributed by atoms with Crippen LogP contribution < -0.4 is 10.1 Å². The number of halogens is 1. The molecule has 1 amide bonds. The van der Waals surface area contributed by atoms with Crippen LogP contribution in [0.15, 0.2) is 18.2 Å². The number of carbonyl (C=O) groups is 1.